The van der Waals surface area contributed by atoms with E-state index in [1.54, 1.807) is 12.4 Å². The predicted octanol–water partition coefficient (Wildman–Crippen LogP) is 2.07. The molecule has 0 bridgehead atoms. The van der Waals surface area contributed by atoms with Crippen LogP contribution in [0.3, 0.4) is 0 Å². The van der Waals surface area contributed by atoms with E-state index in [1.807, 2.05) is 34.8 Å². The smallest absolute Gasteiger partial charge is 0.155 e. The standard InChI is InChI=1S/C16H18N4O/c1-12(14-4-2-3-13(9-14)11-21)18-10-15-5-7-17-16-6-8-19-20(15)16/h2-9,12,18,21H,10-11H2,1H3. The second kappa shape index (κ2) is 6.03. The maximum Gasteiger partial charge on any atom is 0.155 e. The largest absolute Gasteiger partial charge is 0.392 e. The Bertz CT molecular complexity index is 738. The first-order valence-corrected chi connectivity index (χ1v) is 6.98. The van der Waals surface area contributed by atoms with Crippen molar-refractivity contribution >= 4 is 5.65 Å². The summed E-state index contributed by atoms with van der Waals surface area (Å²) in [5, 5.41) is 17.0. The van der Waals surface area contributed by atoms with Crippen LogP contribution in [-0.2, 0) is 13.2 Å². The van der Waals surface area contributed by atoms with Crippen LogP contribution >= 0.6 is 0 Å². The summed E-state index contributed by atoms with van der Waals surface area (Å²) in [7, 11) is 0. The molecule has 3 rings (SSSR count). The van der Waals surface area contributed by atoms with Crippen molar-refractivity contribution in [2.45, 2.75) is 26.1 Å². The van der Waals surface area contributed by atoms with Gasteiger partial charge in [0.1, 0.15) is 0 Å². The number of rotatable bonds is 5. The maximum atomic E-state index is 9.21. The number of hydrogen-bond acceptors (Lipinski definition) is 4. The summed E-state index contributed by atoms with van der Waals surface area (Å²) in [4.78, 5) is 4.25. The van der Waals surface area contributed by atoms with Crippen molar-refractivity contribution in [1.82, 2.24) is 19.9 Å². The SMILES string of the molecule is CC(NCc1ccnc2ccnn12)c1cccc(CO)c1. The zero-order chi connectivity index (χ0) is 14.7. The second-order valence-corrected chi connectivity index (χ2v) is 5.04. The lowest BCUT2D eigenvalue weighted by Crippen LogP contribution is -2.20. The molecule has 1 unspecified atom stereocenters. The quantitative estimate of drug-likeness (QED) is 0.752. The molecule has 0 saturated carbocycles. The topological polar surface area (TPSA) is 62.5 Å². The highest BCUT2D eigenvalue weighted by atomic mass is 16.3. The first kappa shape index (κ1) is 13.7. The molecule has 2 N–H and O–H groups in total. The summed E-state index contributed by atoms with van der Waals surface area (Å²) in [6.45, 7) is 2.88. The molecule has 0 amide bonds. The fourth-order valence-corrected chi connectivity index (χ4v) is 2.36. The van der Waals surface area contributed by atoms with E-state index in [-0.39, 0.29) is 12.6 Å². The number of nitrogens with zero attached hydrogens (tertiary/aromatic N) is 3. The molecule has 0 saturated heterocycles. The maximum absolute atomic E-state index is 9.21. The van der Waals surface area contributed by atoms with E-state index >= 15 is 0 Å². The lowest BCUT2D eigenvalue weighted by molar-refractivity contribution is 0.281. The van der Waals surface area contributed by atoms with Crippen molar-refractivity contribution in [3.63, 3.8) is 0 Å². The highest BCUT2D eigenvalue weighted by molar-refractivity contribution is 5.36. The molecular formula is C16H18N4O. The molecule has 2 aromatic heterocycles. The van der Waals surface area contributed by atoms with Gasteiger partial charge in [-0.2, -0.15) is 5.10 Å². The summed E-state index contributed by atoms with van der Waals surface area (Å²) >= 11 is 0. The van der Waals surface area contributed by atoms with Crippen molar-refractivity contribution in [1.29, 1.82) is 0 Å². The zero-order valence-corrected chi connectivity index (χ0v) is 11.9. The van der Waals surface area contributed by atoms with E-state index in [0.29, 0.717) is 6.54 Å². The van der Waals surface area contributed by atoms with Gasteiger partial charge in [-0.25, -0.2) is 9.50 Å². The third kappa shape index (κ3) is 2.94. The summed E-state index contributed by atoms with van der Waals surface area (Å²) in [5.41, 5.74) is 4.01. The fraction of sp³-hybridized carbons (Fsp3) is 0.250. The first-order valence-electron chi connectivity index (χ1n) is 6.98. The Morgan fingerprint density at radius 1 is 1.24 bits per heavy atom. The van der Waals surface area contributed by atoms with Gasteiger partial charge >= 0.3 is 0 Å². The molecule has 21 heavy (non-hydrogen) atoms. The lowest BCUT2D eigenvalue weighted by Gasteiger charge is -2.15. The van der Waals surface area contributed by atoms with Gasteiger partial charge in [0.2, 0.25) is 0 Å². The third-order valence-electron chi connectivity index (χ3n) is 3.59. The number of aliphatic hydroxyl groups excluding tert-OH is 1. The van der Waals surface area contributed by atoms with Crippen LogP contribution in [0.2, 0.25) is 0 Å². The molecule has 108 valence electrons. The van der Waals surface area contributed by atoms with Crippen molar-refractivity contribution in [3.8, 4) is 0 Å². The Morgan fingerprint density at radius 2 is 2.14 bits per heavy atom. The van der Waals surface area contributed by atoms with Crippen molar-refractivity contribution in [3.05, 3.63) is 65.6 Å². The monoisotopic (exact) mass is 282 g/mol. The second-order valence-electron chi connectivity index (χ2n) is 5.04. The molecule has 0 aliphatic rings. The minimum Gasteiger partial charge on any atom is -0.392 e. The van der Waals surface area contributed by atoms with Crippen molar-refractivity contribution < 1.29 is 5.11 Å². The molecule has 0 aliphatic carbocycles. The molecule has 2 heterocycles. The van der Waals surface area contributed by atoms with Crippen LogP contribution in [0.25, 0.3) is 5.65 Å². The predicted molar refractivity (Wildman–Crippen MR) is 80.6 cm³/mol. The Kier molecular flexibility index (Phi) is 3.94. The average molecular weight is 282 g/mol. The number of nitrogens with one attached hydrogen (secondary N) is 1. The number of hydrogen-bond donors (Lipinski definition) is 2. The number of fused-ring (bicyclic) bond motifs is 1. The van der Waals surface area contributed by atoms with Crippen LogP contribution in [0.5, 0.6) is 0 Å². The van der Waals surface area contributed by atoms with Gasteiger partial charge in [-0.05, 0) is 24.1 Å². The minimum atomic E-state index is 0.0683. The van der Waals surface area contributed by atoms with Gasteiger partial charge in [0.25, 0.3) is 0 Å². The number of benzene rings is 1. The van der Waals surface area contributed by atoms with E-state index in [4.69, 9.17) is 0 Å². The highest BCUT2D eigenvalue weighted by Gasteiger charge is 2.07. The molecule has 0 aliphatic heterocycles. The van der Waals surface area contributed by atoms with E-state index in [9.17, 15) is 5.11 Å². The van der Waals surface area contributed by atoms with E-state index in [1.165, 1.54) is 0 Å². The van der Waals surface area contributed by atoms with Gasteiger partial charge in [-0.3, -0.25) is 0 Å². The van der Waals surface area contributed by atoms with E-state index in [2.05, 4.69) is 28.4 Å². The van der Waals surface area contributed by atoms with Crippen LogP contribution in [-0.4, -0.2) is 19.7 Å². The molecule has 0 fully saturated rings. The molecule has 3 aromatic rings. The van der Waals surface area contributed by atoms with Crippen LogP contribution < -0.4 is 5.32 Å². The van der Waals surface area contributed by atoms with Crippen LogP contribution in [0.1, 0.15) is 29.8 Å². The molecule has 5 nitrogen and oxygen atoms in total. The van der Waals surface area contributed by atoms with Crippen LogP contribution in [0.15, 0.2) is 48.8 Å². The molecule has 0 spiro atoms. The Hall–Kier alpha value is -2.24. The van der Waals surface area contributed by atoms with Gasteiger partial charge in [0, 0.05) is 24.8 Å². The first-order chi connectivity index (χ1) is 10.3. The van der Waals surface area contributed by atoms with E-state index in [0.717, 1.165) is 22.5 Å². The summed E-state index contributed by atoms with van der Waals surface area (Å²) in [5.74, 6) is 0. The lowest BCUT2D eigenvalue weighted by atomic mass is 10.1. The average Bonchev–Trinajstić information content (AvgIpc) is 3.01. The third-order valence-corrected chi connectivity index (χ3v) is 3.59. The van der Waals surface area contributed by atoms with Crippen molar-refractivity contribution in [2.24, 2.45) is 0 Å². The van der Waals surface area contributed by atoms with E-state index < -0.39 is 0 Å². The summed E-state index contributed by atoms with van der Waals surface area (Å²) in [6, 6.07) is 12.0. The fourth-order valence-electron chi connectivity index (χ4n) is 2.36. The summed E-state index contributed by atoms with van der Waals surface area (Å²) in [6.07, 6.45) is 3.55. The number of aromatic nitrogens is 3. The van der Waals surface area contributed by atoms with Gasteiger partial charge in [0.15, 0.2) is 5.65 Å². The zero-order valence-electron chi connectivity index (χ0n) is 11.9. The Morgan fingerprint density at radius 3 is 3.00 bits per heavy atom. The molecule has 0 radical (unpaired) electrons. The molecule has 5 heteroatoms. The Labute approximate surface area is 123 Å². The van der Waals surface area contributed by atoms with Crippen LogP contribution in [0, 0.1) is 0 Å². The minimum absolute atomic E-state index is 0.0683. The number of aliphatic hydroxyl groups is 1. The van der Waals surface area contributed by atoms with Crippen LogP contribution in [0.4, 0.5) is 0 Å². The molecule has 1 aromatic carbocycles. The molecule has 1 atom stereocenters. The Balaban J connectivity index is 1.73. The molecular weight excluding hydrogens is 264 g/mol. The normalized spacial score (nSPS) is 12.7. The van der Waals surface area contributed by atoms with Gasteiger partial charge < -0.3 is 10.4 Å². The summed E-state index contributed by atoms with van der Waals surface area (Å²) < 4.78 is 1.84. The highest BCUT2D eigenvalue weighted by Crippen LogP contribution is 2.15. The van der Waals surface area contributed by atoms with Gasteiger partial charge in [-0.15, -0.1) is 0 Å². The van der Waals surface area contributed by atoms with Gasteiger partial charge in [0.05, 0.1) is 18.5 Å². The van der Waals surface area contributed by atoms with Gasteiger partial charge in [-0.1, -0.05) is 24.3 Å². The van der Waals surface area contributed by atoms with Crippen molar-refractivity contribution in [2.75, 3.05) is 0 Å².